The Balaban J connectivity index is 2.10. The highest BCUT2D eigenvalue weighted by Crippen LogP contribution is 2.29. The van der Waals surface area contributed by atoms with Crippen LogP contribution in [-0.4, -0.2) is 25.1 Å². The summed E-state index contributed by atoms with van der Waals surface area (Å²) in [6, 6.07) is 9.37. The molecular formula is C17H15BrN2O5. The number of carbonyl (C=O) groups excluding carboxylic acids is 1. The number of hydrogen-bond acceptors (Lipinski definition) is 5. The number of anilines is 1. The molecule has 0 heterocycles. The van der Waals surface area contributed by atoms with Crippen LogP contribution in [0.4, 0.5) is 11.4 Å². The van der Waals surface area contributed by atoms with Crippen LogP contribution in [0.2, 0.25) is 0 Å². The van der Waals surface area contributed by atoms with Crippen molar-refractivity contribution >= 4 is 39.3 Å². The molecule has 130 valence electrons. The maximum atomic E-state index is 12.0. The van der Waals surface area contributed by atoms with Crippen molar-refractivity contribution in [2.75, 3.05) is 19.5 Å². The Hall–Kier alpha value is -2.87. The fourth-order valence-corrected chi connectivity index (χ4v) is 2.49. The molecule has 8 heteroatoms. The first-order valence-corrected chi connectivity index (χ1v) is 7.89. The molecule has 0 aliphatic heterocycles. The van der Waals surface area contributed by atoms with Crippen LogP contribution in [-0.2, 0) is 4.79 Å². The minimum Gasteiger partial charge on any atom is -0.493 e. The average Bonchev–Trinajstić information content (AvgIpc) is 2.61. The Labute approximate surface area is 152 Å². The number of rotatable bonds is 6. The molecule has 25 heavy (non-hydrogen) atoms. The number of hydrogen-bond donors (Lipinski definition) is 1. The summed E-state index contributed by atoms with van der Waals surface area (Å²) in [7, 11) is 3.08. The van der Waals surface area contributed by atoms with Crippen molar-refractivity contribution in [3.8, 4) is 11.5 Å². The van der Waals surface area contributed by atoms with Crippen LogP contribution in [0.1, 0.15) is 5.56 Å². The minimum atomic E-state index is -0.507. The summed E-state index contributed by atoms with van der Waals surface area (Å²) in [5, 5.41) is 13.4. The molecular weight excluding hydrogens is 392 g/mol. The van der Waals surface area contributed by atoms with E-state index >= 15 is 0 Å². The molecule has 0 radical (unpaired) electrons. The second-order valence-electron chi connectivity index (χ2n) is 4.86. The normalized spacial score (nSPS) is 10.5. The predicted molar refractivity (Wildman–Crippen MR) is 98.0 cm³/mol. The van der Waals surface area contributed by atoms with Gasteiger partial charge in [0.15, 0.2) is 11.5 Å². The van der Waals surface area contributed by atoms with Crippen molar-refractivity contribution < 1.29 is 19.2 Å². The van der Waals surface area contributed by atoms with Crippen LogP contribution in [0.5, 0.6) is 11.5 Å². The van der Waals surface area contributed by atoms with E-state index in [-0.39, 0.29) is 11.6 Å². The lowest BCUT2D eigenvalue weighted by molar-refractivity contribution is -0.384. The Morgan fingerprint density at radius 2 is 1.88 bits per heavy atom. The van der Waals surface area contributed by atoms with Gasteiger partial charge in [-0.3, -0.25) is 14.9 Å². The van der Waals surface area contributed by atoms with E-state index < -0.39 is 4.92 Å². The third-order valence-corrected chi connectivity index (χ3v) is 3.91. The third-order valence-electron chi connectivity index (χ3n) is 3.26. The highest BCUT2D eigenvalue weighted by Gasteiger charge is 2.10. The molecule has 0 saturated carbocycles. The summed E-state index contributed by atoms with van der Waals surface area (Å²) in [5.41, 5.74) is 1.13. The number of non-ortho nitro benzene ring substituents is 1. The quantitative estimate of drug-likeness (QED) is 0.444. The van der Waals surface area contributed by atoms with Gasteiger partial charge in [-0.05, 0) is 45.8 Å². The lowest BCUT2D eigenvalue weighted by Crippen LogP contribution is -2.08. The van der Waals surface area contributed by atoms with Crippen molar-refractivity contribution in [2.45, 2.75) is 0 Å². The third kappa shape index (κ3) is 4.80. The smallest absolute Gasteiger partial charge is 0.270 e. The summed E-state index contributed by atoms with van der Waals surface area (Å²) in [5.74, 6) is 0.784. The molecule has 7 nitrogen and oxygen atoms in total. The van der Waals surface area contributed by atoms with Crippen LogP contribution in [0.3, 0.4) is 0 Å². The topological polar surface area (TPSA) is 90.7 Å². The first-order valence-electron chi connectivity index (χ1n) is 7.09. The molecule has 0 bridgehead atoms. The van der Waals surface area contributed by atoms with E-state index in [4.69, 9.17) is 9.47 Å². The first kappa shape index (κ1) is 18.5. The van der Waals surface area contributed by atoms with E-state index in [9.17, 15) is 14.9 Å². The number of amides is 1. The van der Waals surface area contributed by atoms with Crippen LogP contribution >= 0.6 is 15.9 Å². The standard InChI is InChI=1S/C17H15BrN2O5/c1-24-15-7-3-11(9-16(15)25-2)4-8-17(21)19-14-6-5-12(20(22)23)10-13(14)18/h3-10H,1-2H3,(H,19,21)/b8-4+. The molecule has 2 rings (SSSR count). The van der Waals surface area contributed by atoms with Gasteiger partial charge in [-0.1, -0.05) is 6.07 Å². The van der Waals surface area contributed by atoms with Gasteiger partial charge in [0.05, 0.1) is 24.8 Å². The van der Waals surface area contributed by atoms with Gasteiger partial charge >= 0.3 is 0 Å². The number of nitro groups is 1. The van der Waals surface area contributed by atoms with Gasteiger partial charge in [0, 0.05) is 22.7 Å². The molecule has 1 amide bonds. The molecule has 0 aromatic heterocycles. The Bertz CT molecular complexity index is 836. The van der Waals surface area contributed by atoms with E-state index in [1.165, 1.54) is 31.4 Å². The van der Waals surface area contributed by atoms with Gasteiger partial charge in [0.2, 0.25) is 5.91 Å². The lowest BCUT2D eigenvalue weighted by atomic mass is 10.2. The molecule has 0 spiro atoms. The SMILES string of the molecule is COc1ccc(/C=C/C(=O)Nc2ccc([N+](=O)[O-])cc2Br)cc1OC. The number of carbonyl (C=O) groups is 1. The molecule has 0 aliphatic rings. The number of ether oxygens (including phenoxy) is 2. The molecule has 0 unspecified atom stereocenters. The van der Waals surface area contributed by atoms with Crippen LogP contribution in [0, 0.1) is 10.1 Å². The van der Waals surface area contributed by atoms with Crippen molar-refractivity contribution in [3.63, 3.8) is 0 Å². The molecule has 2 aromatic carbocycles. The zero-order valence-electron chi connectivity index (χ0n) is 13.5. The summed E-state index contributed by atoms with van der Waals surface area (Å²) in [4.78, 5) is 22.2. The lowest BCUT2D eigenvalue weighted by Gasteiger charge is -2.07. The fraction of sp³-hybridized carbons (Fsp3) is 0.118. The number of nitrogens with zero attached hydrogens (tertiary/aromatic N) is 1. The van der Waals surface area contributed by atoms with Crippen molar-refractivity contribution in [2.24, 2.45) is 0 Å². The number of benzene rings is 2. The molecule has 1 N–H and O–H groups in total. The highest BCUT2D eigenvalue weighted by molar-refractivity contribution is 9.10. The van der Waals surface area contributed by atoms with Crippen LogP contribution in [0.15, 0.2) is 46.9 Å². The maximum absolute atomic E-state index is 12.0. The Kier molecular flexibility index (Phi) is 6.13. The van der Waals surface area contributed by atoms with Crippen molar-refractivity contribution in [3.05, 3.63) is 62.6 Å². The van der Waals surface area contributed by atoms with Crippen molar-refractivity contribution in [1.82, 2.24) is 0 Å². The second-order valence-corrected chi connectivity index (χ2v) is 5.71. The number of halogens is 1. The van der Waals surface area contributed by atoms with E-state index in [2.05, 4.69) is 21.2 Å². The monoisotopic (exact) mass is 406 g/mol. The summed E-state index contributed by atoms with van der Waals surface area (Å²) < 4.78 is 10.8. The molecule has 0 fully saturated rings. The van der Waals surface area contributed by atoms with Gasteiger partial charge < -0.3 is 14.8 Å². The van der Waals surface area contributed by atoms with Gasteiger partial charge in [0.1, 0.15) is 0 Å². The van der Waals surface area contributed by atoms with Crippen molar-refractivity contribution in [1.29, 1.82) is 0 Å². The largest absolute Gasteiger partial charge is 0.493 e. The molecule has 2 aromatic rings. The predicted octanol–water partition coefficient (Wildman–Crippen LogP) is 4.03. The molecule has 0 atom stereocenters. The zero-order valence-corrected chi connectivity index (χ0v) is 15.1. The van der Waals surface area contributed by atoms with E-state index in [0.29, 0.717) is 21.7 Å². The summed E-state index contributed by atoms with van der Waals surface area (Å²) in [6.45, 7) is 0. The van der Waals surface area contributed by atoms with E-state index in [0.717, 1.165) is 5.56 Å². The first-order chi connectivity index (χ1) is 11.9. The van der Waals surface area contributed by atoms with Crippen LogP contribution < -0.4 is 14.8 Å². The van der Waals surface area contributed by atoms with E-state index in [1.807, 2.05) is 0 Å². The zero-order chi connectivity index (χ0) is 18.4. The highest BCUT2D eigenvalue weighted by atomic mass is 79.9. The van der Waals surface area contributed by atoms with Crippen LogP contribution in [0.25, 0.3) is 6.08 Å². The summed E-state index contributed by atoms with van der Waals surface area (Å²) in [6.07, 6.45) is 2.98. The Morgan fingerprint density at radius 1 is 1.16 bits per heavy atom. The molecule has 0 saturated heterocycles. The van der Waals surface area contributed by atoms with Gasteiger partial charge in [0.25, 0.3) is 5.69 Å². The second kappa shape index (κ2) is 8.29. The maximum Gasteiger partial charge on any atom is 0.270 e. The summed E-state index contributed by atoms with van der Waals surface area (Å²) >= 11 is 3.20. The average molecular weight is 407 g/mol. The van der Waals surface area contributed by atoms with Gasteiger partial charge in [-0.2, -0.15) is 0 Å². The van der Waals surface area contributed by atoms with Gasteiger partial charge in [-0.25, -0.2) is 0 Å². The number of methoxy groups -OCH3 is 2. The Morgan fingerprint density at radius 3 is 2.48 bits per heavy atom. The fourth-order valence-electron chi connectivity index (χ4n) is 2.02. The number of nitrogens with one attached hydrogen (secondary N) is 1. The minimum absolute atomic E-state index is 0.0641. The molecule has 0 aliphatic carbocycles. The van der Waals surface area contributed by atoms with E-state index in [1.54, 1.807) is 31.4 Å². The van der Waals surface area contributed by atoms with Gasteiger partial charge in [-0.15, -0.1) is 0 Å². The number of nitro benzene ring substituents is 1.